The number of anilines is 1. The zero-order valence-corrected chi connectivity index (χ0v) is 8.18. The molecule has 1 N–H and O–H groups in total. The van der Waals surface area contributed by atoms with Gasteiger partial charge < -0.3 is 5.32 Å². The fourth-order valence-corrected chi connectivity index (χ4v) is 1.12. The van der Waals surface area contributed by atoms with E-state index < -0.39 is 0 Å². The molecule has 0 saturated heterocycles. The molecule has 0 saturated carbocycles. The lowest BCUT2D eigenvalue weighted by atomic mass is 10.1. The predicted octanol–water partition coefficient (Wildman–Crippen LogP) is 2.56. The normalized spacial score (nSPS) is 10.4. The third kappa shape index (κ3) is 1.76. The minimum Gasteiger partial charge on any atom is -0.373 e. The van der Waals surface area contributed by atoms with Crippen molar-refractivity contribution in [3.8, 4) is 0 Å². The van der Waals surface area contributed by atoms with Gasteiger partial charge in [0.15, 0.2) is 0 Å². The van der Waals surface area contributed by atoms with Gasteiger partial charge in [-0.25, -0.2) is 4.98 Å². The first kappa shape index (κ1) is 9.04. The number of aryl methyl sites for hydroxylation is 1. The first-order valence-corrected chi connectivity index (χ1v) is 4.30. The molecule has 1 aromatic rings. The fraction of sp³-hybridized carbons (Fsp3) is 0.500. The summed E-state index contributed by atoms with van der Waals surface area (Å²) in [4.78, 5) is 4.48. The third-order valence-electron chi connectivity index (χ3n) is 1.95. The summed E-state index contributed by atoms with van der Waals surface area (Å²) in [6.45, 7) is 6.36. The molecule has 1 aromatic heterocycles. The third-order valence-corrected chi connectivity index (χ3v) is 1.95. The summed E-state index contributed by atoms with van der Waals surface area (Å²) in [5.74, 6) is 1.49. The van der Waals surface area contributed by atoms with Crippen molar-refractivity contribution in [2.75, 3.05) is 12.4 Å². The van der Waals surface area contributed by atoms with Crippen LogP contribution in [0.1, 0.15) is 31.0 Å². The van der Waals surface area contributed by atoms with E-state index in [0.717, 1.165) is 11.5 Å². The minimum atomic E-state index is 0.498. The van der Waals surface area contributed by atoms with Crippen LogP contribution in [0.2, 0.25) is 0 Å². The SMILES string of the molecule is CNc1nc(C(C)C)ccc1C. The van der Waals surface area contributed by atoms with Crippen LogP contribution in [0.15, 0.2) is 12.1 Å². The lowest BCUT2D eigenvalue weighted by Gasteiger charge is -2.08. The number of hydrogen-bond donors (Lipinski definition) is 1. The van der Waals surface area contributed by atoms with Crippen molar-refractivity contribution in [2.24, 2.45) is 0 Å². The topological polar surface area (TPSA) is 24.9 Å². The molecule has 0 atom stereocenters. The molecule has 0 radical (unpaired) electrons. The Hall–Kier alpha value is -1.05. The van der Waals surface area contributed by atoms with Gasteiger partial charge in [-0.3, -0.25) is 0 Å². The van der Waals surface area contributed by atoms with Crippen LogP contribution in [0.25, 0.3) is 0 Å². The number of aromatic nitrogens is 1. The van der Waals surface area contributed by atoms with E-state index in [1.165, 1.54) is 5.56 Å². The molecule has 0 aliphatic carbocycles. The molecule has 2 heteroatoms. The van der Waals surface area contributed by atoms with Gasteiger partial charge in [0.1, 0.15) is 5.82 Å². The van der Waals surface area contributed by atoms with Gasteiger partial charge in [0, 0.05) is 12.7 Å². The van der Waals surface area contributed by atoms with Crippen molar-refractivity contribution in [1.82, 2.24) is 4.98 Å². The second-order valence-electron chi connectivity index (χ2n) is 3.31. The van der Waals surface area contributed by atoms with Gasteiger partial charge in [0.05, 0.1) is 0 Å². The van der Waals surface area contributed by atoms with Crippen molar-refractivity contribution in [3.05, 3.63) is 23.4 Å². The summed E-state index contributed by atoms with van der Waals surface area (Å²) in [7, 11) is 1.90. The Kier molecular flexibility index (Phi) is 2.69. The Morgan fingerprint density at radius 1 is 1.33 bits per heavy atom. The van der Waals surface area contributed by atoms with Crippen LogP contribution >= 0.6 is 0 Å². The molecule has 0 aliphatic heterocycles. The highest BCUT2D eigenvalue weighted by molar-refractivity contribution is 5.43. The summed E-state index contributed by atoms with van der Waals surface area (Å²) in [6, 6.07) is 4.19. The lowest BCUT2D eigenvalue weighted by molar-refractivity contribution is 0.822. The Morgan fingerprint density at radius 3 is 2.50 bits per heavy atom. The minimum absolute atomic E-state index is 0.498. The zero-order chi connectivity index (χ0) is 9.14. The molecule has 0 amide bonds. The second kappa shape index (κ2) is 3.57. The number of hydrogen-bond acceptors (Lipinski definition) is 2. The van der Waals surface area contributed by atoms with E-state index in [2.05, 4.69) is 43.2 Å². The summed E-state index contributed by atoms with van der Waals surface area (Å²) >= 11 is 0. The average Bonchev–Trinajstić information content (AvgIpc) is 2.05. The summed E-state index contributed by atoms with van der Waals surface area (Å²) in [5.41, 5.74) is 2.34. The molecule has 0 spiro atoms. The van der Waals surface area contributed by atoms with Gasteiger partial charge in [0.25, 0.3) is 0 Å². The quantitative estimate of drug-likeness (QED) is 0.726. The van der Waals surface area contributed by atoms with Gasteiger partial charge in [-0.05, 0) is 24.5 Å². The van der Waals surface area contributed by atoms with Crippen molar-refractivity contribution >= 4 is 5.82 Å². The monoisotopic (exact) mass is 164 g/mol. The number of nitrogens with one attached hydrogen (secondary N) is 1. The van der Waals surface area contributed by atoms with E-state index in [1.54, 1.807) is 0 Å². The van der Waals surface area contributed by atoms with Crippen molar-refractivity contribution in [3.63, 3.8) is 0 Å². The van der Waals surface area contributed by atoms with E-state index in [0.29, 0.717) is 5.92 Å². The van der Waals surface area contributed by atoms with Crippen molar-refractivity contribution < 1.29 is 0 Å². The maximum atomic E-state index is 4.48. The Morgan fingerprint density at radius 2 is 2.00 bits per heavy atom. The largest absolute Gasteiger partial charge is 0.373 e. The van der Waals surface area contributed by atoms with Crippen LogP contribution in [-0.2, 0) is 0 Å². The zero-order valence-electron chi connectivity index (χ0n) is 8.18. The predicted molar refractivity (Wildman–Crippen MR) is 52.6 cm³/mol. The van der Waals surface area contributed by atoms with Gasteiger partial charge in [-0.2, -0.15) is 0 Å². The summed E-state index contributed by atoms with van der Waals surface area (Å²) in [5, 5.41) is 3.08. The van der Waals surface area contributed by atoms with E-state index in [1.807, 2.05) is 7.05 Å². The summed E-state index contributed by atoms with van der Waals surface area (Å²) in [6.07, 6.45) is 0. The van der Waals surface area contributed by atoms with Crippen LogP contribution < -0.4 is 5.32 Å². The fourth-order valence-electron chi connectivity index (χ4n) is 1.12. The number of nitrogens with zero attached hydrogens (tertiary/aromatic N) is 1. The van der Waals surface area contributed by atoms with Crippen LogP contribution in [0, 0.1) is 6.92 Å². The molecule has 0 bridgehead atoms. The highest BCUT2D eigenvalue weighted by Gasteiger charge is 2.03. The van der Waals surface area contributed by atoms with Gasteiger partial charge >= 0.3 is 0 Å². The summed E-state index contributed by atoms with van der Waals surface area (Å²) < 4.78 is 0. The molecule has 0 fully saturated rings. The first-order chi connectivity index (χ1) is 5.65. The van der Waals surface area contributed by atoms with Crippen LogP contribution in [0.4, 0.5) is 5.82 Å². The van der Waals surface area contributed by atoms with E-state index in [9.17, 15) is 0 Å². The second-order valence-corrected chi connectivity index (χ2v) is 3.31. The van der Waals surface area contributed by atoms with E-state index in [-0.39, 0.29) is 0 Å². The molecule has 1 rings (SSSR count). The molecule has 0 aliphatic rings. The molecule has 0 unspecified atom stereocenters. The number of rotatable bonds is 2. The molecule has 12 heavy (non-hydrogen) atoms. The smallest absolute Gasteiger partial charge is 0.128 e. The highest BCUT2D eigenvalue weighted by Crippen LogP contribution is 2.17. The van der Waals surface area contributed by atoms with Gasteiger partial charge in [0.2, 0.25) is 0 Å². The van der Waals surface area contributed by atoms with E-state index in [4.69, 9.17) is 0 Å². The van der Waals surface area contributed by atoms with E-state index >= 15 is 0 Å². The molecule has 1 heterocycles. The van der Waals surface area contributed by atoms with Crippen LogP contribution in [0.3, 0.4) is 0 Å². The number of pyridine rings is 1. The molecular weight excluding hydrogens is 148 g/mol. The Bertz CT molecular complexity index is 267. The van der Waals surface area contributed by atoms with Crippen LogP contribution in [0.5, 0.6) is 0 Å². The standard InChI is InChI=1S/C10H16N2/c1-7(2)9-6-5-8(3)10(11-4)12-9/h5-7H,1-4H3,(H,11,12). The molecule has 66 valence electrons. The van der Waals surface area contributed by atoms with Crippen molar-refractivity contribution in [1.29, 1.82) is 0 Å². The average molecular weight is 164 g/mol. The first-order valence-electron chi connectivity index (χ1n) is 4.30. The maximum Gasteiger partial charge on any atom is 0.128 e. The van der Waals surface area contributed by atoms with Gasteiger partial charge in [-0.15, -0.1) is 0 Å². The molecule has 0 aromatic carbocycles. The maximum absolute atomic E-state index is 4.48. The highest BCUT2D eigenvalue weighted by atomic mass is 15.0. The molecule has 2 nitrogen and oxygen atoms in total. The Balaban J connectivity index is 3.05. The van der Waals surface area contributed by atoms with Gasteiger partial charge in [-0.1, -0.05) is 19.9 Å². The lowest BCUT2D eigenvalue weighted by Crippen LogP contribution is -2.00. The van der Waals surface area contributed by atoms with Crippen LogP contribution in [-0.4, -0.2) is 12.0 Å². The Labute approximate surface area is 74.0 Å². The molecular formula is C10H16N2. The van der Waals surface area contributed by atoms with Crippen molar-refractivity contribution in [2.45, 2.75) is 26.7 Å².